The van der Waals surface area contributed by atoms with E-state index in [9.17, 15) is 0 Å². The molecule has 0 atom stereocenters. The lowest BCUT2D eigenvalue weighted by Crippen LogP contribution is -1.89. The van der Waals surface area contributed by atoms with Gasteiger partial charge in [0.15, 0.2) is 0 Å². The van der Waals surface area contributed by atoms with Crippen LogP contribution in [0.5, 0.6) is 0 Å². The van der Waals surface area contributed by atoms with Gasteiger partial charge in [-0.3, -0.25) is 4.98 Å². The number of pyridine rings is 1. The summed E-state index contributed by atoms with van der Waals surface area (Å²) < 4.78 is 0. The summed E-state index contributed by atoms with van der Waals surface area (Å²) in [5.41, 5.74) is 2.80. The molecular weight excluding hydrogens is 218 g/mol. The largest absolute Gasteiger partial charge is 0.355 e. The SMILES string of the molecule is S=C=Nc1ccc(Nc2ccncc2)cc1. The molecule has 1 aromatic heterocycles. The molecule has 16 heavy (non-hydrogen) atoms. The van der Waals surface area contributed by atoms with Gasteiger partial charge in [-0.1, -0.05) is 0 Å². The fourth-order valence-electron chi connectivity index (χ4n) is 1.27. The molecule has 0 radical (unpaired) electrons. The average molecular weight is 227 g/mol. The van der Waals surface area contributed by atoms with Gasteiger partial charge in [-0.15, -0.1) is 0 Å². The van der Waals surface area contributed by atoms with Gasteiger partial charge >= 0.3 is 0 Å². The molecule has 1 N–H and O–H groups in total. The molecule has 0 aliphatic rings. The van der Waals surface area contributed by atoms with Gasteiger partial charge in [0.2, 0.25) is 0 Å². The number of nitrogens with one attached hydrogen (secondary N) is 1. The van der Waals surface area contributed by atoms with Gasteiger partial charge in [0.05, 0.1) is 10.8 Å². The van der Waals surface area contributed by atoms with Crippen LogP contribution in [0.25, 0.3) is 0 Å². The first kappa shape index (κ1) is 10.5. The molecule has 0 fully saturated rings. The number of hydrogen-bond donors (Lipinski definition) is 1. The highest BCUT2D eigenvalue weighted by Crippen LogP contribution is 2.19. The van der Waals surface area contributed by atoms with Gasteiger partial charge in [0.25, 0.3) is 0 Å². The highest BCUT2D eigenvalue weighted by atomic mass is 32.1. The Bertz CT molecular complexity index is 502. The molecule has 1 aromatic carbocycles. The van der Waals surface area contributed by atoms with Gasteiger partial charge in [-0.05, 0) is 48.6 Å². The van der Waals surface area contributed by atoms with Crippen LogP contribution in [0, 0.1) is 0 Å². The van der Waals surface area contributed by atoms with Crippen molar-refractivity contribution in [3.8, 4) is 0 Å². The number of anilines is 2. The molecule has 0 aliphatic carbocycles. The highest BCUT2D eigenvalue weighted by molar-refractivity contribution is 7.78. The Morgan fingerprint density at radius 2 is 1.62 bits per heavy atom. The van der Waals surface area contributed by atoms with Crippen LogP contribution in [0.15, 0.2) is 53.8 Å². The normalized spacial score (nSPS) is 9.25. The molecule has 0 aliphatic heterocycles. The van der Waals surface area contributed by atoms with Crippen molar-refractivity contribution in [3.63, 3.8) is 0 Å². The monoisotopic (exact) mass is 227 g/mol. The first-order chi connectivity index (χ1) is 7.88. The van der Waals surface area contributed by atoms with E-state index in [2.05, 4.69) is 32.7 Å². The smallest absolute Gasteiger partial charge is 0.0741 e. The number of isothiocyanates is 1. The Labute approximate surface area is 98.9 Å². The van der Waals surface area contributed by atoms with E-state index in [0.29, 0.717) is 0 Å². The summed E-state index contributed by atoms with van der Waals surface area (Å²) in [7, 11) is 0. The molecule has 3 nitrogen and oxygen atoms in total. The molecule has 0 bridgehead atoms. The van der Waals surface area contributed by atoms with Crippen LogP contribution < -0.4 is 5.32 Å². The van der Waals surface area contributed by atoms with E-state index in [-0.39, 0.29) is 0 Å². The van der Waals surface area contributed by atoms with Crippen molar-refractivity contribution in [2.24, 2.45) is 4.99 Å². The quantitative estimate of drug-likeness (QED) is 0.643. The Hall–Kier alpha value is -2.03. The van der Waals surface area contributed by atoms with E-state index < -0.39 is 0 Å². The molecule has 0 amide bonds. The summed E-state index contributed by atoms with van der Waals surface area (Å²) in [6.07, 6.45) is 3.49. The number of thiocarbonyl (C=S) groups is 1. The van der Waals surface area contributed by atoms with E-state index in [0.717, 1.165) is 17.1 Å². The van der Waals surface area contributed by atoms with Gasteiger partial charge in [-0.2, -0.15) is 4.99 Å². The van der Waals surface area contributed by atoms with Crippen LogP contribution in [0.3, 0.4) is 0 Å². The Morgan fingerprint density at radius 3 is 2.25 bits per heavy atom. The van der Waals surface area contributed by atoms with E-state index >= 15 is 0 Å². The molecule has 0 spiro atoms. The highest BCUT2D eigenvalue weighted by Gasteiger charge is 1.93. The number of hydrogen-bond acceptors (Lipinski definition) is 4. The van der Waals surface area contributed by atoms with E-state index in [4.69, 9.17) is 0 Å². The molecule has 0 saturated heterocycles. The zero-order valence-electron chi connectivity index (χ0n) is 8.42. The van der Waals surface area contributed by atoms with Crippen LogP contribution in [0.2, 0.25) is 0 Å². The predicted octanol–water partition coefficient (Wildman–Crippen LogP) is 3.56. The third kappa shape index (κ3) is 2.73. The van der Waals surface area contributed by atoms with Crippen molar-refractivity contribution >= 4 is 34.4 Å². The minimum Gasteiger partial charge on any atom is -0.355 e. The van der Waals surface area contributed by atoms with Crippen molar-refractivity contribution in [1.82, 2.24) is 4.98 Å². The van der Waals surface area contributed by atoms with E-state index in [1.807, 2.05) is 36.4 Å². The maximum Gasteiger partial charge on any atom is 0.0741 e. The van der Waals surface area contributed by atoms with Crippen LogP contribution in [-0.2, 0) is 0 Å². The predicted molar refractivity (Wildman–Crippen MR) is 68.6 cm³/mol. The minimum atomic E-state index is 0.801. The lowest BCUT2D eigenvalue weighted by atomic mass is 10.2. The Kier molecular flexibility index (Phi) is 3.38. The molecule has 0 saturated carbocycles. The van der Waals surface area contributed by atoms with Gasteiger partial charge in [-0.25, -0.2) is 0 Å². The number of benzene rings is 1. The molecule has 2 rings (SSSR count). The third-order valence-electron chi connectivity index (χ3n) is 2.01. The summed E-state index contributed by atoms with van der Waals surface area (Å²) in [6.45, 7) is 0. The first-order valence-electron chi connectivity index (χ1n) is 4.73. The van der Waals surface area contributed by atoms with Crippen LogP contribution in [-0.4, -0.2) is 10.1 Å². The summed E-state index contributed by atoms with van der Waals surface area (Å²) in [6, 6.07) is 11.4. The Morgan fingerprint density at radius 1 is 1.00 bits per heavy atom. The second-order valence-corrected chi connectivity index (χ2v) is 3.29. The maximum absolute atomic E-state index is 4.53. The first-order valence-corrected chi connectivity index (χ1v) is 5.14. The van der Waals surface area contributed by atoms with Crippen molar-refractivity contribution in [2.45, 2.75) is 0 Å². The fourth-order valence-corrected chi connectivity index (χ4v) is 1.38. The molecule has 0 unspecified atom stereocenters. The van der Waals surface area contributed by atoms with Crippen LogP contribution in [0.4, 0.5) is 17.1 Å². The van der Waals surface area contributed by atoms with Crippen molar-refractivity contribution in [2.75, 3.05) is 5.32 Å². The van der Waals surface area contributed by atoms with E-state index in [1.165, 1.54) is 0 Å². The molecule has 4 heteroatoms. The summed E-state index contributed by atoms with van der Waals surface area (Å²) in [5, 5.41) is 5.58. The molecular formula is C12H9N3S. The number of rotatable bonds is 3. The van der Waals surface area contributed by atoms with Gasteiger partial charge in [0, 0.05) is 23.8 Å². The van der Waals surface area contributed by atoms with Crippen LogP contribution >= 0.6 is 12.2 Å². The lowest BCUT2D eigenvalue weighted by molar-refractivity contribution is 1.32. The standard InChI is InChI=1S/C12H9N3S/c16-9-14-10-1-3-11(4-2-10)15-12-5-7-13-8-6-12/h1-8H,(H,13,15). The maximum atomic E-state index is 4.53. The van der Waals surface area contributed by atoms with E-state index in [1.54, 1.807) is 12.4 Å². The second kappa shape index (κ2) is 5.16. The van der Waals surface area contributed by atoms with Crippen molar-refractivity contribution in [1.29, 1.82) is 0 Å². The Balaban J connectivity index is 2.14. The topological polar surface area (TPSA) is 37.3 Å². The zero-order chi connectivity index (χ0) is 11.2. The van der Waals surface area contributed by atoms with Crippen molar-refractivity contribution in [3.05, 3.63) is 48.8 Å². The lowest BCUT2D eigenvalue weighted by Gasteiger charge is -2.05. The van der Waals surface area contributed by atoms with Gasteiger partial charge < -0.3 is 5.32 Å². The third-order valence-corrected chi connectivity index (χ3v) is 2.10. The number of aromatic nitrogens is 1. The summed E-state index contributed by atoms with van der Waals surface area (Å²) in [4.78, 5) is 7.83. The average Bonchev–Trinajstić information content (AvgIpc) is 2.33. The summed E-state index contributed by atoms with van der Waals surface area (Å²) in [5.74, 6) is 0. The summed E-state index contributed by atoms with van der Waals surface area (Å²) >= 11 is 4.53. The second-order valence-electron chi connectivity index (χ2n) is 3.11. The van der Waals surface area contributed by atoms with Gasteiger partial charge in [0.1, 0.15) is 0 Å². The zero-order valence-corrected chi connectivity index (χ0v) is 9.24. The number of aliphatic imine (C=N–C) groups is 1. The molecule has 1 heterocycles. The number of nitrogens with zero attached hydrogens (tertiary/aromatic N) is 2. The van der Waals surface area contributed by atoms with Crippen molar-refractivity contribution < 1.29 is 0 Å². The fraction of sp³-hybridized carbons (Fsp3) is 0. The van der Waals surface area contributed by atoms with Crippen LogP contribution in [0.1, 0.15) is 0 Å². The molecule has 78 valence electrons. The molecule has 2 aromatic rings. The minimum absolute atomic E-state index is 0.801.